The van der Waals surface area contributed by atoms with Gasteiger partial charge in [0.15, 0.2) is 0 Å². The molecule has 0 bridgehead atoms. The number of aromatic nitrogens is 1. The topological polar surface area (TPSA) is 93.0 Å². The highest BCUT2D eigenvalue weighted by molar-refractivity contribution is 7.92. The Hall–Kier alpha value is -3.50. The number of anilines is 1. The highest BCUT2D eigenvalue weighted by atomic mass is 35.5. The van der Waals surface area contributed by atoms with E-state index in [0.29, 0.717) is 21.5 Å². The zero-order valence-electron chi connectivity index (χ0n) is 22.7. The Kier molecular flexibility index (Phi) is 9.34. The van der Waals surface area contributed by atoms with Gasteiger partial charge in [0.1, 0.15) is 12.3 Å². The van der Waals surface area contributed by atoms with Crippen LogP contribution in [0.1, 0.15) is 22.5 Å². The molecule has 0 aliphatic heterocycles. The van der Waals surface area contributed by atoms with Gasteiger partial charge in [-0.1, -0.05) is 58.6 Å². The van der Waals surface area contributed by atoms with Gasteiger partial charge in [-0.25, -0.2) is 13.8 Å². The molecule has 1 amide bonds. The van der Waals surface area contributed by atoms with Gasteiger partial charge in [-0.3, -0.25) is 9.10 Å². The van der Waals surface area contributed by atoms with Crippen molar-refractivity contribution in [1.82, 2.24) is 9.99 Å². The molecule has 0 saturated carbocycles. The van der Waals surface area contributed by atoms with E-state index in [2.05, 4.69) is 10.5 Å². The Balaban J connectivity index is 1.59. The number of nitrogens with one attached hydrogen (secondary N) is 1. The zero-order chi connectivity index (χ0) is 29.9. The van der Waals surface area contributed by atoms with Gasteiger partial charge < -0.3 is 9.30 Å². The molecule has 4 aromatic rings. The average molecular weight is 634 g/mol. The summed E-state index contributed by atoms with van der Waals surface area (Å²) in [5, 5.41) is 5.13. The second-order valence-electron chi connectivity index (χ2n) is 9.17. The molecule has 0 aliphatic rings. The van der Waals surface area contributed by atoms with Crippen LogP contribution in [-0.4, -0.2) is 38.8 Å². The first kappa shape index (κ1) is 30.5. The van der Waals surface area contributed by atoms with Gasteiger partial charge in [0, 0.05) is 17.0 Å². The fourth-order valence-electron chi connectivity index (χ4n) is 4.26. The Morgan fingerprint density at radius 2 is 1.71 bits per heavy atom. The number of halogens is 3. The Morgan fingerprint density at radius 1 is 1.00 bits per heavy atom. The molecule has 0 aliphatic carbocycles. The Bertz CT molecular complexity index is 1740. The van der Waals surface area contributed by atoms with Crippen molar-refractivity contribution in [2.45, 2.75) is 25.7 Å². The second kappa shape index (κ2) is 12.6. The van der Waals surface area contributed by atoms with E-state index < -0.39 is 22.5 Å². The highest BCUT2D eigenvalue weighted by Crippen LogP contribution is 2.33. The van der Waals surface area contributed by atoms with E-state index in [9.17, 15) is 13.2 Å². The number of hydrogen-bond acceptors (Lipinski definition) is 5. The van der Waals surface area contributed by atoms with Crippen molar-refractivity contribution < 1.29 is 17.9 Å². The monoisotopic (exact) mass is 632 g/mol. The number of methoxy groups -OCH3 is 1. The molecule has 1 heterocycles. The molecule has 8 nitrogen and oxygen atoms in total. The molecule has 1 aromatic heterocycles. The molecule has 0 atom stereocenters. The van der Waals surface area contributed by atoms with E-state index >= 15 is 0 Å². The first-order chi connectivity index (χ1) is 19.4. The molecule has 0 fully saturated rings. The van der Waals surface area contributed by atoms with Crippen LogP contribution in [0.4, 0.5) is 5.69 Å². The number of carbonyl (C=O) groups is 1. The summed E-state index contributed by atoms with van der Waals surface area (Å²) in [5.74, 6) is -0.288. The van der Waals surface area contributed by atoms with Gasteiger partial charge in [-0.15, -0.1) is 0 Å². The van der Waals surface area contributed by atoms with Gasteiger partial charge in [0.05, 0.1) is 44.7 Å². The summed E-state index contributed by atoms with van der Waals surface area (Å²) in [6, 6.07) is 18.1. The molecule has 41 heavy (non-hydrogen) atoms. The van der Waals surface area contributed by atoms with Crippen molar-refractivity contribution >= 4 is 62.6 Å². The maximum atomic E-state index is 13.6. The number of carbonyl (C=O) groups excluding carboxylic acids is 1. The van der Waals surface area contributed by atoms with Crippen molar-refractivity contribution in [3.05, 3.63) is 104 Å². The minimum absolute atomic E-state index is 0.0263. The van der Waals surface area contributed by atoms with Crippen molar-refractivity contribution in [3.8, 4) is 11.4 Å². The fraction of sp³-hybridized carbons (Fsp3) is 0.172. The summed E-state index contributed by atoms with van der Waals surface area (Å²) >= 11 is 18.9. The maximum absolute atomic E-state index is 13.6. The van der Waals surface area contributed by atoms with E-state index in [1.54, 1.807) is 18.2 Å². The number of benzene rings is 3. The summed E-state index contributed by atoms with van der Waals surface area (Å²) in [7, 11) is -2.68. The molecular weight excluding hydrogens is 607 g/mol. The molecule has 1 N–H and O–H groups in total. The maximum Gasteiger partial charge on any atom is 0.264 e. The summed E-state index contributed by atoms with van der Waals surface area (Å²) in [4.78, 5) is 13.0. The van der Waals surface area contributed by atoms with Crippen molar-refractivity contribution in [3.63, 3.8) is 0 Å². The Labute approximate surface area is 254 Å². The lowest BCUT2D eigenvalue weighted by Crippen LogP contribution is -2.39. The van der Waals surface area contributed by atoms with Crippen molar-refractivity contribution in [2.24, 2.45) is 5.10 Å². The molecular formula is C29H27Cl3N4O4S. The van der Waals surface area contributed by atoms with Crippen LogP contribution in [0.25, 0.3) is 5.69 Å². The van der Waals surface area contributed by atoms with Crippen LogP contribution >= 0.6 is 34.8 Å². The third kappa shape index (κ3) is 6.54. The van der Waals surface area contributed by atoms with Crippen LogP contribution in [0, 0.1) is 20.8 Å². The van der Waals surface area contributed by atoms with Crippen LogP contribution in [-0.2, 0) is 14.8 Å². The second-order valence-corrected chi connectivity index (χ2v) is 12.2. The third-order valence-corrected chi connectivity index (χ3v) is 9.25. The lowest BCUT2D eigenvalue weighted by atomic mass is 10.2. The largest absolute Gasteiger partial charge is 0.495 e. The summed E-state index contributed by atoms with van der Waals surface area (Å²) in [6.45, 7) is 5.10. The molecule has 0 saturated heterocycles. The number of rotatable bonds is 9. The lowest BCUT2D eigenvalue weighted by molar-refractivity contribution is -0.119. The van der Waals surface area contributed by atoms with E-state index in [1.165, 1.54) is 43.7 Å². The van der Waals surface area contributed by atoms with Crippen LogP contribution in [0.5, 0.6) is 5.75 Å². The van der Waals surface area contributed by atoms with E-state index in [4.69, 9.17) is 39.5 Å². The summed E-state index contributed by atoms with van der Waals surface area (Å²) in [5.41, 5.74) is 6.66. The molecule has 4 rings (SSSR count). The normalized spacial score (nSPS) is 11.6. The molecule has 0 spiro atoms. The number of amides is 1. The summed E-state index contributed by atoms with van der Waals surface area (Å²) < 4.78 is 35.3. The van der Waals surface area contributed by atoms with E-state index in [1.807, 2.05) is 43.5 Å². The minimum Gasteiger partial charge on any atom is -0.495 e. The first-order valence-corrected chi connectivity index (χ1v) is 14.9. The van der Waals surface area contributed by atoms with Gasteiger partial charge in [-0.2, -0.15) is 5.10 Å². The molecule has 0 radical (unpaired) electrons. The smallest absolute Gasteiger partial charge is 0.264 e. The first-order valence-electron chi connectivity index (χ1n) is 12.3. The number of hydrazone groups is 1. The van der Waals surface area contributed by atoms with E-state index in [-0.39, 0.29) is 15.6 Å². The zero-order valence-corrected chi connectivity index (χ0v) is 25.7. The quantitative estimate of drug-likeness (QED) is 0.164. The highest BCUT2D eigenvalue weighted by Gasteiger charge is 2.28. The van der Waals surface area contributed by atoms with Gasteiger partial charge in [0.2, 0.25) is 0 Å². The molecule has 12 heteroatoms. The fourth-order valence-corrected chi connectivity index (χ4v) is 6.30. The van der Waals surface area contributed by atoms with Gasteiger partial charge in [0.25, 0.3) is 15.9 Å². The SMILES string of the molecule is COc1ccc(N(CC(=O)N/N=C/c2cc(C)n(-c3cccc(Cl)c3Cl)c2C)S(=O)(=O)c2ccc(C)cc2)cc1Cl. The number of ether oxygens (including phenoxy) is 1. The number of nitrogens with zero attached hydrogens (tertiary/aromatic N) is 3. The van der Waals surface area contributed by atoms with Crippen molar-refractivity contribution in [2.75, 3.05) is 18.0 Å². The third-order valence-electron chi connectivity index (χ3n) is 6.35. The van der Waals surface area contributed by atoms with Gasteiger partial charge in [-0.05, 0) is 69.3 Å². The molecule has 3 aromatic carbocycles. The predicted octanol–water partition coefficient (Wildman–Crippen LogP) is 6.72. The minimum atomic E-state index is -4.13. The van der Waals surface area contributed by atoms with E-state index in [0.717, 1.165) is 26.8 Å². The number of hydrogen-bond donors (Lipinski definition) is 1. The average Bonchev–Trinajstić information content (AvgIpc) is 3.21. The predicted molar refractivity (Wildman–Crippen MR) is 165 cm³/mol. The Morgan fingerprint density at radius 3 is 2.37 bits per heavy atom. The number of aryl methyl sites for hydroxylation is 2. The lowest BCUT2D eigenvalue weighted by Gasteiger charge is -2.24. The summed E-state index contributed by atoms with van der Waals surface area (Å²) in [6.07, 6.45) is 1.48. The van der Waals surface area contributed by atoms with Crippen LogP contribution < -0.4 is 14.5 Å². The molecule has 0 unspecified atom stereocenters. The van der Waals surface area contributed by atoms with Crippen LogP contribution in [0.2, 0.25) is 15.1 Å². The standard InChI is InChI=1S/C29H27Cl3N4O4S/c1-18-8-11-23(12-9-18)41(38,39)35(22-10-13-27(40-4)25(31)15-22)17-28(37)34-33-16-21-14-19(2)36(20(21)3)26-7-5-6-24(30)29(26)32/h5-16H,17H2,1-4H3,(H,34,37)/b33-16+. The van der Waals surface area contributed by atoms with Crippen LogP contribution in [0.15, 0.2) is 76.7 Å². The molecule has 214 valence electrons. The van der Waals surface area contributed by atoms with Gasteiger partial charge >= 0.3 is 0 Å². The van der Waals surface area contributed by atoms with Crippen LogP contribution in [0.3, 0.4) is 0 Å². The van der Waals surface area contributed by atoms with Crippen molar-refractivity contribution in [1.29, 1.82) is 0 Å². The number of sulfonamides is 1.